The van der Waals surface area contributed by atoms with Crippen molar-refractivity contribution in [2.24, 2.45) is 0 Å². The lowest BCUT2D eigenvalue weighted by Crippen LogP contribution is -2.16. The Morgan fingerprint density at radius 1 is 1.12 bits per heavy atom. The fourth-order valence-electron chi connectivity index (χ4n) is 3.29. The number of ether oxygens (including phenoxy) is 2. The number of fused-ring (bicyclic) bond motifs is 1. The van der Waals surface area contributed by atoms with Gasteiger partial charge in [0.15, 0.2) is 17.3 Å². The van der Waals surface area contributed by atoms with Gasteiger partial charge in [0, 0.05) is 31.5 Å². The number of sulfone groups is 1. The van der Waals surface area contributed by atoms with Crippen molar-refractivity contribution in [1.82, 2.24) is 14.5 Å². The Morgan fingerprint density at radius 2 is 2.00 bits per heavy atom. The Labute approximate surface area is 183 Å². The van der Waals surface area contributed by atoms with E-state index in [1.54, 1.807) is 30.7 Å². The third-order valence-electron chi connectivity index (χ3n) is 4.84. The molecule has 10 nitrogen and oxygen atoms in total. The smallest absolute Gasteiger partial charge is 0.266 e. The Hall–Kier alpha value is -3.73. The lowest BCUT2D eigenvalue weighted by Gasteiger charge is -2.18. The lowest BCUT2D eigenvalue weighted by atomic mass is 10.3. The molecule has 4 heterocycles. The van der Waals surface area contributed by atoms with Gasteiger partial charge in [-0.05, 0) is 30.7 Å². The molecule has 11 heteroatoms. The molecule has 0 atom stereocenters. The Kier molecular flexibility index (Phi) is 5.31. The normalized spacial score (nSPS) is 13.2. The van der Waals surface area contributed by atoms with Crippen molar-refractivity contribution in [1.29, 1.82) is 0 Å². The second-order valence-corrected chi connectivity index (χ2v) is 8.89. The van der Waals surface area contributed by atoms with Crippen LogP contribution in [0.15, 0.2) is 74.1 Å². The molecule has 0 fully saturated rings. The van der Waals surface area contributed by atoms with Gasteiger partial charge in [0.2, 0.25) is 20.7 Å². The monoisotopic (exact) mass is 456 g/mol. The van der Waals surface area contributed by atoms with Crippen LogP contribution >= 0.6 is 0 Å². The van der Waals surface area contributed by atoms with Crippen LogP contribution in [0.1, 0.15) is 6.42 Å². The molecular formula is C21H20N4O6S. The van der Waals surface area contributed by atoms with Gasteiger partial charge in [-0.15, -0.1) is 0 Å². The number of hydrogen-bond acceptors (Lipinski definition) is 9. The zero-order valence-corrected chi connectivity index (χ0v) is 17.7. The van der Waals surface area contributed by atoms with Crippen LogP contribution in [0.3, 0.4) is 0 Å². The van der Waals surface area contributed by atoms with E-state index in [1.807, 2.05) is 10.8 Å². The number of benzene rings is 1. The number of anilines is 1. The van der Waals surface area contributed by atoms with Crippen LogP contribution in [-0.4, -0.2) is 42.7 Å². The molecule has 32 heavy (non-hydrogen) atoms. The topological polar surface area (TPSA) is 122 Å². The summed E-state index contributed by atoms with van der Waals surface area (Å²) in [5.41, 5.74) is 0. The van der Waals surface area contributed by atoms with Gasteiger partial charge >= 0.3 is 0 Å². The summed E-state index contributed by atoms with van der Waals surface area (Å²) >= 11 is 0. The minimum Gasteiger partial charge on any atom is -0.486 e. The number of hydrogen-bond donors (Lipinski definition) is 1. The van der Waals surface area contributed by atoms with Crippen molar-refractivity contribution >= 4 is 15.7 Å². The van der Waals surface area contributed by atoms with Crippen LogP contribution in [0.25, 0.3) is 11.7 Å². The maximum Gasteiger partial charge on any atom is 0.266 e. The SMILES string of the molecule is O=S(=O)(c1ccc2c(c1)OCCO2)c1nc(-c2ccco2)oc1NCCCn1ccnc1. The zero-order chi connectivity index (χ0) is 22.0. The molecule has 1 aromatic carbocycles. The van der Waals surface area contributed by atoms with Gasteiger partial charge in [-0.25, -0.2) is 13.4 Å². The number of nitrogens with one attached hydrogen (secondary N) is 1. The van der Waals surface area contributed by atoms with Crippen molar-refractivity contribution < 1.29 is 26.7 Å². The maximum absolute atomic E-state index is 13.4. The fraction of sp³-hybridized carbons (Fsp3) is 0.238. The predicted molar refractivity (Wildman–Crippen MR) is 112 cm³/mol. The van der Waals surface area contributed by atoms with Crippen molar-refractivity contribution in [3.8, 4) is 23.1 Å². The molecule has 3 aromatic heterocycles. The highest BCUT2D eigenvalue weighted by atomic mass is 32.2. The minimum atomic E-state index is -4.01. The molecule has 0 saturated heterocycles. The Balaban J connectivity index is 1.44. The fourth-order valence-corrected chi connectivity index (χ4v) is 4.58. The van der Waals surface area contributed by atoms with E-state index in [-0.39, 0.29) is 21.7 Å². The molecule has 0 radical (unpaired) electrons. The van der Waals surface area contributed by atoms with Crippen LogP contribution in [0.2, 0.25) is 0 Å². The van der Waals surface area contributed by atoms with Gasteiger partial charge in [-0.1, -0.05) is 0 Å². The van der Waals surface area contributed by atoms with Crippen LogP contribution < -0.4 is 14.8 Å². The van der Waals surface area contributed by atoms with Crippen LogP contribution in [0, 0.1) is 0 Å². The summed E-state index contributed by atoms with van der Waals surface area (Å²) in [7, 11) is -4.01. The van der Waals surface area contributed by atoms with E-state index in [1.165, 1.54) is 18.4 Å². The summed E-state index contributed by atoms with van der Waals surface area (Å²) in [6, 6.07) is 7.80. The van der Waals surface area contributed by atoms with Gasteiger partial charge in [-0.3, -0.25) is 0 Å². The molecule has 0 unspecified atom stereocenters. The van der Waals surface area contributed by atoms with Gasteiger partial charge in [0.1, 0.15) is 13.2 Å². The lowest BCUT2D eigenvalue weighted by molar-refractivity contribution is 0.171. The quantitative estimate of drug-likeness (QED) is 0.398. The first-order valence-electron chi connectivity index (χ1n) is 10.0. The van der Waals surface area contributed by atoms with Crippen molar-refractivity contribution in [3.63, 3.8) is 0 Å². The molecule has 0 saturated carbocycles. The molecule has 0 bridgehead atoms. The maximum atomic E-state index is 13.4. The third-order valence-corrected chi connectivity index (χ3v) is 6.50. The first kappa shape index (κ1) is 20.2. The highest BCUT2D eigenvalue weighted by Crippen LogP contribution is 2.37. The minimum absolute atomic E-state index is 0.0301. The van der Waals surface area contributed by atoms with Gasteiger partial charge in [-0.2, -0.15) is 4.98 Å². The molecule has 1 aliphatic heterocycles. The summed E-state index contributed by atoms with van der Waals surface area (Å²) < 4.78 is 50.9. The van der Waals surface area contributed by atoms with Gasteiger partial charge in [0.25, 0.3) is 5.89 Å². The summed E-state index contributed by atoms with van der Waals surface area (Å²) in [6.45, 7) is 1.96. The van der Waals surface area contributed by atoms with E-state index < -0.39 is 9.84 Å². The molecular weight excluding hydrogens is 436 g/mol. The molecule has 1 aliphatic rings. The number of oxazole rings is 1. The summed E-state index contributed by atoms with van der Waals surface area (Å²) in [5.74, 6) is 1.33. The number of aromatic nitrogens is 3. The number of rotatable bonds is 8. The number of nitrogens with zero attached hydrogens (tertiary/aromatic N) is 3. The molecule has 0 aliphatic carbocycles. The first-order chi connectivity index (χ1) is 15.6. The van der Waals surface area contributed by atoms with E-state index in [2.05, 4.69) is 15.3 Å². The summed E-state index contributed by atoms with van der Waals surface area (Å²) in [4.78, 5) is 8.28. The highest BCUT2D eigenvalue weighted by molar-refractivity contribution is 7.91. The molecule has 5 rings (SSSR count). The van der Waals surface area contributed by atoms with Crippen molar-refractivity contribution in [2.75, 3.05) is 25.1 Å². The third kappa shape index (κ3) is 3.94. The summed E-state index contributed by atoms with van der Waals surface area (Å²) in [6.07, 6.45) is 7.48. The van der Waals surface area contributed by atoms with E-state index >= 15 is 0 Å². The van der Waals surface area contributed by atoms with Gasteiger partial charge in [0.05, 0.1) is 17.5 Å². The Morgan fingerprint density at radius 3 is 2.78 bits per heavy atom. The van der Waals surface area contributed by atoms with Crippen LogP contribution in [0.4, 0.5) is 5.88 Å². The second kappa shape index (κ2) is 8.42. The van der Waals surface area contributed by atoms with Crippen LogP contribution in [0.5, 0.6) is 11.5 Å². The molecule has 0 spiro atoms. The predicted octanol–water partition coefficient (Wildman–Crippen LogP) is 3.24. The molecule has 1 N–H and O–H groups in total. The molecule has 4 aromatic rings. The highest BCUT2D eigenvalue weighted by Gasteiger charge is 2.30. The van der Waals surface area contributed by atoms with Crippen LogP contribution in [-0.2, 0) is 16.4 Å². The zero-order valence-electron chi connectivity index (χ0n) is 16.9. The van der Waals surface area contributed by atoms with E-state index in [0.717, 1.165) is 13.0 Å². The van der Waals surface area contributed by atoms with Crippen molar-refractivity contribution in [2.45, 2.75) is 22.9 Å². The van der Waals surface area contributed by atoms with Crippen molar-refractivity contribution in [3.05, 3.63) is 55.3 Å². The summed E-state index contributed by atoms with van der Waals surface area (Å²) in [5, 5.41) is 2.84. The number of aryl methyl sites for hydroxylation is 1. The molecule has 0 amide bonds. The Bertz CT molecular complexity index is 1300. The molecule has 166 valence electrons. The van der Waals surface area contributed by atoms with E-state index in [9.17, 15) is 8.42 Å². The van der Waals surface area contributed by atoms with E-state index in [0.29, 0.717) is 37.0 Å². The van der Waals surface area contributed by atoms with Gasteiger partial charge < -0.3 is 28.2 Å². The number of furan rings is 1. The standard InChI is InChI=1S/C21H20N4O6S/c26-32(27,15-4-5-16-18(13-15)30-12-11-29-16)21-20(23-6-2-8-25-9-7-22-14-25)31-19(24-21)17-3-1-10-28-17/h1,3-5,7,9-10,13-14,23H,2,6,8,11-12H2. The second-order valence-electron chi connectivity index (χ2n) is 7.02. The average Bonchev–Trinajstić information content (AvgIpc) is 3.58. The first-order valence-corrected chi connectivity index (χ1v) is 11.5. The van der Waals surface area contributed by atoms with E-state index in [4.69, 9.17) is 18.3 Å². The number of imidazole rings is 1. The average molecular weight is 456 g/mol. The largest absolute Gasteiger partial charge is 0.486 e.